The molecule has 3 nitrogen and oxygen atoms in total. The molecule has 1 aliphatic rings. The Bertz CT molecular complexity index is 416. The number of rotatable bonds is 6. The maximum atomic E-state index is 12.5. The van der Waals surface area contributed by atoms with Crippen LogP contribution in [-0.4, -0.2) is 48.2 Å². The van der Waals surface area contributed by atoms with Crippen LogP contribution in [-0.2, 0) is 16.0 Å². The summed E-state index contributed by atoms with van der Waals surface area (Å²) in [7, 11) is 1.66. The maximum absolute atomic E-state index is 12.5. The second-order valence-electron chi connectivity index (χ2n) is 4.43. The third kappa shape index (κ3) is 3.74. The molecule has 0 saturated carbocycles. The van der Waals surface area contributed by atoms with Crippen molar-refractivity contribution >= 4 is 33.6 Å². The van der Waals surface area contributed by atoms with Gasteiger partial charge in [-0.2, -0.15) is 0 Å². The van der Waals surface area contributed by atoms with Crippen molar-refractivity contribution in [3.05, 3.63) is 29.8 Å². The number of alkyl halides is 1. The number of hydrogen-bond donors (Lipinski definition) is 0. The molecule has 0 spiro atoms. The van der Waals surface area contributed by atoms with E-state index >= 15 is 0 Å². The lowest BCUT2D eigenvalue weighted by molar-refractivity contribution is -0.130. The van der Waals surface area contributed by atoms with Crippen molar-refractivity contribution in [2.24, 2.45) is 0 Å². The molecule has 2 rings (SSSR count). The van der Waals surface area contributed by atoms with Crippen LogP contribution in [0.3, 0.4) is 0 Å². The molecule has 1 heterocycles. The molecule has 0 radical (unpaired) electrons. The van der Waals surface area contributed by atoms with Gasteiger partial charge in [0.15, 0.2) is 0 Å². The monoisotopic (exact) mass is 343 g/mol. The highest BCUT2D eigenvalue weighted by molar-refractivity contribution is 9.09. The molecular formula is C14H18BrNO2S. The summed E-state index contributed by atoms with van der Waals surface area (Å²) in [5.74, 6) is 0.220. The van der Waals surface area contributed by atoms with Crippen LogP contribution < -0.4 is 0 Å². The Balaban J connectivity index is 1.99. The molecule has 1 aliphatic heterocycles. The van der Waals surface area contributed by atoms with E-state index < -0.39 is 0 Å². The average Bonchev–Trinajstić information content (AvgIpc) is 2.86. The first-order chi connectivity index (χ1) is 9.26. The number of carbonyl (C=O) groups excluding carboxylic acids is 1. The summed E-state index contributed by atoms with van der Waals surface area (Å²) in [4.78, 5) is 15.7. The molecule has 1 amide bonds. The van der Waals surface area contributed by atoms with Gasteiger partial charge in [0, 0.05) is 30.4 Å². The molecule has 0 fully saturated rings. The molecule has 0 N–H and O–H groups in total. The van der Waals surface area contributed by atoms with Gasteiger partial charge >= 0.3 is 0 Å². The summed E-state index contributed by atoms with van der Waals surface area (Å²) in [6.07, 6.45) is 0.839. The standard InChI is InChI=1S/C14H18BrNO2S/c1-18-9-8-16(7-6-15)14(17)13-10-11-4-2-3-5-12(11)19-13/h2-5,13H,6-10H2,1H3. The second-order valence-corrected chi connectivity index (χ2v) is 6.46. The molecule has 1 aromatic carbocycles. The first-order valence-electron chi connectivity index (χ1n) is 6.34. The fourth-order valence-corrected chi connectivity index (χ4v) is 3.87. The third-order valence-electron chi connectivity index (χ3n) is 3.15. The van der Waals surface area contributed by atoms with Crippen molar-refractivity contribution in [2.75, 3.05) is 32.1 Å². The van der Waals surface area contributed by atoms with E-state index in [9.17, 15) is 4.79 Å². The SMILES string of the molecule is COCCN(CCBr)C(=O)C1Cc2ccccc2S1. The number of hydrogen-bond acceptors (Lipinski definition) is 3. The number of fused-ring (bicyclic) bond motifs is 1. The number of nitrogens with zero attached hydrogens (tertiary/aromatic N) is 1. The minimum Gasteiger partial charge on any atom is -0.383 e. The highest BCUT2D eigenvalue weighted by Gasteiger charge is 2.30. The lowest BCUT2D eigenvalue weighted by Crippen LogP contribution is -2.40. The van der Waals surface area contributed by atoms with Crippen LogP contribution in [0.5, 0.6) is 0 Å². The van der Waals surface area contributed by atoms with E-state index in [1.807, 2.05) is 17.0 Å². The minimum atomic E-state index is 0.0216. The van der Waals surface area contributed by atoms with Gasteiger partial charge in [0.2, 0.25) is 5.91 Å². The van der Waals surface area contributed by atoms with E-state index in [2.05, 4.69) is 28.1 Å². The zero-order valence-electron chi connectivity index (χ0n) is 11.0. The minimum absolute atomic E-state index is 0.0216. The van der Waals surface area contributed by atoms with E-state index in [0.717, 1.165) is 18.3 Å². The van der Waals surface area contributed by atoms with Crippen molar-refractivity contribution in [3.63, 3.8) is 0 Å². The molecule has 0 aromatic heterocycles. The Morgan fingerprint density at radius 1 is 1.47 bits per heavy atom. The van der Waals surface area contributed by atoms with Gasteiger partial charge in [-0.3, -0.25) is 4.79 Å². The van der Waals surface area contributed by atoms with E-state index in [4.69, 9.17) is 4.74 Å². The summed E-state index contributed by atoms with van der Waals surface area (Å²) in [6.45, 7) is 1.98. The van der Waals surface area contributed by atoms with Crippen LogP contribution in [0.4, 0.5) is 0 Å². The van der Waals surface area contributed by atoms with Gasteiger partial charge < -0.3 is 9.64 Å². The molecule has 5 heteroatoms. The zero-order chi connectivity index (χ0) is 13.7. The normalized spacial score (nSPS) is 17.3. The molecule has 1 atom stereocenters. The number of benzene rings is 1. The second kappa shape index (κ2) is 7.31. The van der Waals surface area contributed by atoms with Gasteiger partial charge in [-0.1, -0.05) is 34.1 Å². The van der Waals surface area contributed by atoms with E-state index in [-0.39, 0.29) is 11.2 Å². The zero-order valence-corrected chi connectivity index (χ0v) is 13.4. The molecule has 0 saturated heterocycles. The molecule has 0 aliphatic carbocycles. The average molecular weight is 344 g/mol. The summed E-state index contributed by atoms with van der Waals surface area (Å²) in [6, 6.07) is 8.27. The number of thioether (sulfide) groups is 1. The Hall–Kier alpha value is -0.520. The van der Waals surface area contributed by atoms with Gasteiger partial charge in [0.25, 0.3) is 0 Å². The van der Waals surface area contributed by atoms with Crippen LogP contribution in [0.2, 0.25) is 0 Å². The predicted molar refractivity (Wildman–Crippen MR) is 82.0 cm³/mol. The number of halogens is 1. The van der Waals surface area contributed by atoms with Crippen molar-refractivity contribution in [1.29, 1.82) is 0 Å². The fourth-order valence-electron chi connectivity index (χ4n) is 2.16. The fraction of sp³-hybridized carbons (Fsp3) is 0.500. The summed E-state index contributed by atoms with van der Waals surface area (Å²) < 4.78 is 5.08. The molecule has 1 aromatic rings. The van der Waals surface area contributed by atoms with Crippen molar-refractivity contribution in [2.45, 2.75) is 16.6 Å². The van der Waals surface area contributed by atoms with Gasteiger partial charge in [0.1, 0.15) is 0 Å². The number of carbonyl (C=O) groups is 1. The summed E-state index contributed by atoms with van der Waals surface area (Å²) >= 11 is 5.09. The number of amides is 1. The van der Waals surface area contributed by atoms with Crippen molar-refractivity contribution < 1.29 is 9.53 Å². The van der Waals surface area contributed by atoms with E-state index in [1.165, 1.54) is 10.5 Å². The smallest absolute Gasteiger partial charge is 0.236 e. The summed E-state index contributed by atoms with van der Waals surface area (Å²) in [5, 5.41) is 0.820. The van der Waals surface area contributed by atoms with Gasteiger partial charge in [-0.15, -0.1) is 11.8 Å². The first kappa shape index (κ1) is 14.9. The predicted octanol–water partition coefficient (Wildman–Crippen LogP) is 2.57. The Kier molecular flexibility index (Phi) is 5.73. The number of methoxy groups -OCH3 is 1. The Morgan fingerprint density at radius 2 is 2.26 bits per heavy atom. The van der Waals surface area contributed by atoms with Crippen LogP contribution >= 0.6 is 27.7 Å². The van der Waals surface area contributed by atoms with E-state index in [1.54, 1.807) is 18.9 Å². The maximum Gasteiger partial charge on any atom is 0.236 e. The first-order valence-corrected chi connectivity index (χ1v) is 8.34. The molecule has 1 unspecified atom stereocenters. The van der Waals surface area contributed by atoms with E-state index in [0.29, 0.717) is 13.2 Å². The van der Waals surface area contributed by atoms with Crippen LogP contribution in [0.15, 0.2) is 29.2 Å². The third-order valence-corrected chi connectivity index (χ3v) is 4.81. The van der Waals surface area contributed by atoms with Crippen molar-refractivity contribution in [1.82, 2.24) is 4.90 Å². The van der Waals surface area contributed by atoms with Gasteiger partial charge in [-0.05, 0) is 18.1 Å². The highest BCUT2D eigenvalue weighted by Crippen LogP contribution is 2.37. The quantitative estimate of drug-likeness (QED) is 0.743. The molecule has 104 valence electrons. The van der Waals surface area contributed by atoms with Crippen LogP contribution in [0.1, 0.15) is 5.56 Å². The van der Waals surface area contributed by atoms with Crippen LogP contribution in [0, 0.1) is 0 Å². The van der Waals surface area contributed by atoms with Gasteiger partial charge in [-0.25, -0.2) is 0 Å². The topological polar surface area (TPSA) is 29.5 Å². The molecular weight excluding hydrogens is 326 g/mol. The summed E-state index contributed by atoms with van der Waals surface area (Å²) in [5.41, 5.74) is 1.29. The van der Waals surface area contributed by atoms with Crippen molar-refractivity contribution in [3.8, 4) is 0 Å². The van der Waals surface area contributed by atoms with Gasteiger partial charge in [0.05, 0.1) is 11.9 Å². The largest absolute Gasteiger partial charge is 0.383 e. The Morgan fingerprint density at radius 3 is 2.95 bits per heavy atom. The lowest BCUT2D eigenvalue weighted by atomic mass is 10.1. The Labute approximate surface area is 126 Å². The highest BCUT2D eigenvalue weighted by atomic mass is 79.9. The molecule has 0 bridgehead atoms. The lowest BCUT2D eigenvalue weighted by Gasteiger charge is -2.24. The number of ether oxygens (including phenoxy) is 1. The van der Waals surface area contributed by atoms with Crippen LogP contribution in [0.25, 0.3) is 0 Å². The molecule has 19 heavy (non-hydrogen) atoms.